The SMILES string of the molecule is CC[C@H](C)c1nc2ccc(Br)cc2c(=O)n1N=Cc1cc(Cl)cc([N+](=O)[O-])c1OCc1ccc(C)cc1. The number of benzene rings is 3. The van der Waals surface area contributed by atoms with Gasteiger partial charge in [0.25, 0.3) is 5.56 Å². The Morgan fingerprint density at radius 1 is 1.22 bits per heavy atom. The van der Waals surface area contributed by atoms with Crippen LogP contribution in [-0.4, -0.2) is 20.8 Å². The van der Waals surface area contributed by atoms with Crippen molar-refractivity contribution in [2.24, 2.45) is 5.10 Å². The molecular weight excluding hydrogens is 560 g/mol. The van der Waals surface area contributed by atoms with Gasteiger partial charge in [0.2, 0.25) is 5.75 Å². The molecule has 0 bridgehead atoms. The average molecular weight is 584 g/mol. The minimum Gasteiger partial charge on any atom is -0.481 e. The van der Waals surface area contributed by atoms with Crippen molar-refractivity contribution in [2.75, 3.05) is 0 Å². The highest BCUT2D eigenvalue weighted by Gasteiger charge is 2.21. The number of aromatic nitrogens is 2. The third-order valence-electron chi connectivity index (χ3n) is 5.96. The quantitative estimate of drug-likeness (QED) is 0.126. The summed E-state index contributed by atoms with van der Waals surface area (Å²) in [4.78, 5) is 29.4. The van der Waals surface area contributed by atoms with Gasteiger partial charge in [-0.05, 0) is 43.2 Å². The number of nitrogens with zero attached hydrogens (tertiary/aromatic N) is 4. The van der Waals surface area contributed by atoms with Crippen LogP contribution in [0.1, 0.15) is 48.7 Å². The van der Waals surface area contributed by atoms with Crippen molar-refractivity contribution in [1.29, 1.82) is 0 Å². The largest absolute Gasteiger partial charge is 0.481 e. The first kappa shape index (κ1) is 26.5. The van der Waals surface area contributed by atoms with Crippen molar-refractivity contribution in [3.8, 4) is 5.75 Å². The molecule has 4 aromatic rings. The zero-order valence-corrected chi connectivity index (χ0v) is 22.8. The molecule has 0 aliphatic rings. The monoisotopic (exact) mass is 582 g/mol. The van der Waals surface area contributed by atoms with Crippen LogP contribution in [-0.2, 0) is 6.61 Å². The number of rotatable bonds is 8. The lowest BCUT2D eigenvalue weighted by Crippen LogP contribution is -2.23. The molecule has 1 aromatic heterocycles. The van der Waals surface area contributed by atoms with Crippen LogP contribution in [0.4, 0.5) is 5.69 Å². The van der Waals surface area contributed by atoms with Gasteiger partial charge in [-0.1, -0.05) is 71.2 Å². The first-order chi connectivity index (χ1) is 17.7. The van der Waals surface area contributed by atoms with Crippen LogP contribution in [0.25, 0.3) is 10.9 Å². The Hall–Kier alpha value is -3.56. The molecule has 0 aliphatic heterocycles. The molecule has 0 amide bonds. The summed E-state index contributed by atoms with van der Waals surface area (Å²) in [5.41, 5.74) is 2.12. The summed E-state index contributed by atoms with van der Waals surface area (Å²) in [5.74, 6) is 0.425. The molecule has 1 atom stereocenters. The second kappa shape index (κ2) is 11.2. The van der Waals surface area contributed by atoms with Gasteiger partial charge in [-0.15, -0.1) is 0 Å². The zero-order valence-electron chi connectivity index (χ0n) is 20.4. The molecule has 1 heterocycles. The molecule has 10 heteroatoms. The molecular formula is C27H24BrClN4O4. The van der Waals surface area contributed by atoms with Gasteiger partial charge >= 0.3 is 5.69 Å². The third kappa shape index (κ3) is 5.89. The summed E-state index contributed by atoms with van der Waals surface area (Å²) in [6.45, 7) is 6.03. The van der Waals surface area contributed by atoms with Gasteiger partial charge in [0.1, 0.15) is 12.4 Å². The number of aryl methyl sites for hydroxylation is 1. The highest BCUT2D eigenvalue weighted by Crippen LogP contribution is 2.34. The number of nitro benzene ring substituents is 1. The second-order valence-corrected chi connectivity index (χ2v) is 10.0. The lowest BCUT2D eigenvalue weighted by atomic mass is 10.1. The fourth-order valence-corrected chi connectivity index (χ4v) is 4.31. The number of halogens is 2. The maximum absolute atomic E-state index is 13.4. The van der Waals surface area contributed by atoms with E-state index in [1.54, 1.807) is 12.1 Å². The fraction of sp³-hybridized carbons (Fsp3) is 0.222. The molecule has 0 aliphatic carbocycles. The highest BCUT2D eigenvalue weighted by atomic mass is 79.9. The predicted octanol–water partition coefficient (Wildman–Crippen LogP) is 7.00. The summed E-state index contributed by atoms with van der Waals surface area (Å²) in [6, 6.07) is 15.7. The van der Waals surface area contributed by atoms with Crippen molar-refractivity contribution in [2.45, 2.75) is 39.7 Å². The second-order valence-electron chi connectivity index (χ2n) is 8.68. The molecule has 0 saturated carbocycles. The van der Waals surface area contributed by atoms with Crippen LogP contribution in [0.5, 0.6) is 5.75 Å². The number of ether oxygens (including phenoxy) is 1. The molecule has 190 valence electrons. The van der Waals surface area contributed by atoms with Gasteiger partial charge in [-0.3, -0.25) is 14.9 Å². The van der Waals surface area contributed by atoms with E-state index in [2.05, 4.69) is 21.0 Å². The van der Waals surface area contributed by atoms with E-state index in [4.69, 9.17) is 21.3 Å². The summed E-state index contributed by atoms with van der Waals surface area (Å²) in [6.07, 6.45) is 2.08. The molecule has 0 saturated heterocycles. The normalized spacial score (nSPS) is 12.2. The number of hydrogen-bond donors (Lipinski definition) is 0. The lowest BCUT2D eigenvalue weighted by molar-refractivity contribution is -0.385. The molecule has 3 aromatic carbocycles. The van der Waals surface area contributed by atoms with Gasteiger partial charge < -0.3 is 4.74 Å². The van der Waals surface area contributed by atoms with E-state index in [1.165, 1.54) is 23.0 Å². The van der Waals surface area contributed by atoms with Crippen molar-refractivity contribution < 1.29 is 9.66 Å². The molecule has 37 heavy (non-hydrogen) atoms. The predicted molar refractivity (Wildman–Crippen MR) is 149 cm³/mol. The minimum absolute atomic E-state index is 0.00774. The van der Waals surface area contributed by atoms with Crippen molar-refractivity contribution in [1.82, 2.24) is 9.66 Å². The Morgan fingerprint density at radius 2 is 1.95 bits per heavy atom. The Balaban J connectivity index is 1.83. The van der Waals surface area contributed by atoms with E-state index < -0.39 is 4.92 Å². The van der Waals surface area contributed by atoms with E-state index in [0.29, 0.717) is 16.7 Å². The molecule has 0 radical (unpaired) electrons. The van der Waals surface area contributed by atoms with Crippen molar-refractivity contribution >= 4 is 50.3 Å². The van der Waals surface area contributed by atoms with Crippen molar-refractivity contribution in [3.05, 3.63) is 107 Å². The Bertz CT molecular complexity index is 1570. The highest BCUT2D eigenvalue weighted by molar-refractivity contribution is 9.10. The van der Waals surface area contributed by atoms with Gasteiger partial charge in [-0.25, -0.2) is 4.98 Å². The van der Waals surface area contributed by atoms with Gasteiger partial charge in [0.05, 0.1) is 22.0 Å². The minimum atomic E-state index is -0.556. The van der Waals surface area contributed by atoms with Crippen molar-refractivity contribution in [3.63, 3.8) is 0 Å². The maximum Gasteiger partial charge on any atom is 0.313 e. The van der Waals surface area contributed by atoms with E-state index in [1.807, 2.05) is 51.1 Å². The van der Waals surface area contributed by atoms with Crippen LogP contribution < -0.4 is 10.3 Å². The summed E-state index contributed by atoms with van der Waals surface area (Å²) in [7, 11) is 0. The lowest BCUT2D eigenvalue weighted by Gasteiger charge is -2.14. The molecule has 4 rings (SSSR count). The fourth-order valence-electron chi connectivity index (χ4n) is 3.73. The van der Waals surface area contributed by atoms with Gasteiger partial charge in [0.15, 0.2) is 0 Å². The number of hydrogen-bond acceptors (Lipinski definition) is 6. The van der Waals surface area contributed by atoms with Gasteiger partial charge in [-0.2, -0.15) is 9.78 Å². The average Bonchev–Trinajstić information content (AvgIpc) is 2.87. The summed E-state index contributed by atoms with van der Waals surface area (Å²) >= 11 is 9.60. The number of nitro groups is 1. The number of fused-ring (bicyclic) bond motifs is 1. The molecule has 0 fully saturated rings. The van der Waals surface area contributed by atoms with Crippen LogP contribution in [0.3, 0.4) is 0 Å². The topological polar surface area (TPSA) is 99.6 Å². The smallest absolute Gasteiger partial charge is 0.313 e. The van der Waals surface area contributed by atoms with Crippen LogP contribution in [0.2, 0.25) is 5.02 Å². The third-order valence-corrected chi connectivity index (χ3v) is 6.67. The molecule has 0 N–H and O–H groups in total. The zero-order chi connectivity index (χ0) is 26.7. The first-order valence-electron chi connectivity index (χ1n) is 11.6. The van der Waals surface area contributed by atoms with Crippen LogP contribution >= 0.6 is 27.5 Å². The van der Waals surface area contributed by atoms with E-state index >= 15 is 0 Å². The first-order valence-corrected chi connectivity index (χ1v) is 12.8. The molecule has 8 nitrogen and oxygen atoms in total. The van der Waals surface area contributed by atoms with E-state index in [-0.39, 0.29) is 40.1 Å². The Morgan fingerprint density at radius 3 is 2.62 bits per heavy atom. The standard InChI is InChI=1S/C27H24BrClN4O4/c1-4-17(3)26-31-23-10-9-20(28)12-22(23)27(34)32(26)30-14-19-11-21(29)13-24(33(35)36)25(19)37-15-18-7-5-16(2)6-8-18/h5-14,17H,4,15H2,1-3H3/t17-/m0/s1. The van der Waals surface area contributed by atoms with Crippen LogP contribution in [0.15, 0.2) is 69.0 Å². The molecule has 0 spiro atoms. The van der Waals surface area contributed by atoms with Crippen LogP contribution in [0, 0.1) is 17.0 Å². The van der Waals surface area contributed by atoms with E-state index in [0.717, 1.165) is 22.0 Å². The Labute approximate surface area is 226 Å². The Kier molecular flexibility index (Phi) is 8.04. The maximum atomic E-state index is 13.4. The molecule has 0 unspecified atom stereocenters. The van der Waals surface area contributed by atoms with Gasteiger partial charge in [0, 0.05) is 27.0 Å². The summed E-state index contributed by atoms with van der Waals surface area (Å²) in [5, 5.41) is 16.8. The van der Waals surface area contributed by atoms with E-state index in [9.17, 15) is 14.9 Å². The summed E-state index contributed by atoms with van der Waals surface area (Å²) < 4.78 is 7.89.